The number of carbonyl (C=O) groups is 1. The average Bonchev–Trinajstić information content (AvgIpc) is 2.61. The smallest absolute Gasteiger partial charge is 0.251 e. The van der Waals surface area contributed by atoms with Crippen LogP contribution in [-0.2, 0) is 6.42 Å². The number of rotatable bonds is 6. The van der Waals surface area contributed by atoms with E-state index in [1.54, 1.807) is 12.1 Å². The highest BCUT2D eigenvalue weighted by Gasteiger charge is 2.07. The number of nitrogens with one attached hydrogen (secondary N) is 2. The molecule has 0 radical (unpaired) electrons. The molecule has 2 aromatic rings. The first-order chi connectivity index (χ1) is 12.0. The second-order valence-corrected chi connectivity index (χ2v) is 6.15. The molecular weight excluding hydrogens is 359 g/mol. The average molecular weight is 379 g/mol. The van der Waals surface area contributed by atoms with Gasteiger partial charge in [-0.2, -0.15) is 0 Å². The molecule has 25 heavy (non-hydrogen) atoms. The standard InChI is InChI=1S/C18H20Cl2N4O/c1-2-12-4-3-5-14(10-12)24-18(21)23-9-8-22-17(25)13-6-7-15(19)16(20)11-13/h3-7,10-11H,2,8-9H2,1H3,(H,22,25)(H3,21,23,24). The van der Waals surface area contributed by atoms with Crippen LogP contribution in [0, 0.1) is 0 Å². The van der Waals surface area contributed by atoms with Crippen molar-refractivity contribution in [2.75, 3.05) is 18.4 Å². The first-order valence-electron chi connectivity index (χ1n) is 7.88. The van der Waals surface area contributed by atoms with Crippen molar-refractivity contribution in [3.63, 3.8) is 0 Å². The van der Waals surface area contributed by atoms with Gasteiger partial charge in [0.25, 0.3) is 5.91 Å². The summed E-state index contributed by atoms with van der Waals surface area (Å²) in [6.45, 7) is 2.81. The molecule has 0 bridgehead atoms. The number of guanidine groups is 1. The van der Waals surface area contributed by atoms with Crippen molar-refractivity contribution in [3.8, 4) is 0 Å². The van der Waals surface area contributed by atoms with Crippen molar-refractivity contribution in [2.24, 2.45) is 10.7 Å². The topological polar surface area (TPSA) is 79.5 Å². The highest BCUT2D eigenvalue weighted by atomic mass is 35.5. The predicted octanol–water partition coefficient (Wildman–Crippen LogP) is 3.71. The Morgan fingerprint density at radius 1 is 1.16 bits per heavy atom. The molecule has 0 saturated carbocycles. The van der Waals surface area contributed by atoms with Crippen LogP contribution in [0.5, 0.6) is 0 Å². The van der Waals surface area contributed by atoms with Crippen molar-refractivity contribution >= 4 is 40.8 Å². The molecule has 0 heterocycles. The van der Waals surface area contributed by atoms with Crippen LogP contribution in [0.4, 0.5) is 5.69 Å². The van der Waals surface area contributed by atoms with Gasteiger partial charge < -0.3 is 16.4 Å². The second-order valence-electron chi connectivity index (χ2n) is 5.33. The van der Waals surface area contributed by atoms with E-state index in [0.29, 0.717) is 34.7 Å². The maximum atomic E-state index is 12.0. The number of anilines is 1. The molecule has 5 nitrogen and oxygen atoms in total. The van der Waals surface area contributed by atoms with E-state index in [2.05, 4.69) is 28.6 Å². The Morgan fingerprint density at radius 2 is 1.96 bits per heavy atom. The summed E-state index contributed by atoms with van der Waals surface area (Å²) in [6, 6.07) is 12.7. The molecule has 0 aliphatic carbocycles. The number of carbonyl (C=O) groups excluding carboxylic acids is 1. The molecule has 0 unspecified atom stereocenters. The number of halogens is 2. The second kappa shape index (κ2) is 9.30. The van der Waals surface area contributed by atoms with Gasteiger partial charge >= 0.3 is 0 Å². The normalized spacial score (nSPS) is 11.2. The lowest BCUT2D eigenvalue weighted by atomic mass is 10.1. The predicted molar refractivity (Wildman–Crippen MR) is 105 cm³/mol. The summed E-state index contributed by atoms with van der Waals surface area (Å²) in [5, 5.41) is 6.54. The van der Waals surface area contributed by atoms with Gasteiger partial charge in [0.1, 0.15) is 0 Å². The quantitative estimate of drug-likeness (QED) is 0.407. The monoisotopic (exact) mass is 378 g/mol. The number of nitrogens with zero attached hydrogens (tertiary/aromatic N) is 1. The van der Waals surface area contributed by atoms with Crippen LogP contribution in [0.1, 0.15) is 22.8 Å². The van der Waals surface area contributed by atoms with E-state index in [4.69, 9.17) is 28.9 Å². The number of benzene rings is 2. The van der Waals surface area contributed by atoms with Crippen LogP contribution < -0.4 is 16.4 Å². The van der Waals surface area contributed by atoms with E-state index in [0.717, 1.165) is 12.1 Å². The fourth-order valence-corrected chi connectivity index (χ4v) is 2.44. The third-order valence-corrected chi connectivity index (χ3v) is 4.21. The van der Waals surface area contributed by atoms with Crippen LogP contribution in [0.3, 0.4) is 0 Å². The molecule has 0 aromatic heterocycles. The lowest BCUT2D eigenvalue weighted by molar-refractivity contribution is 0.0955. The van der Waals surface area contributed by atoms with Crippen LogP contribution in [-0.4, -0.2) is 25.0 Å². The third kappa shape index (κ3) is 5.96. The number of aliphatic imine (C=N–C) groups is 1. The Balaban J connectivity index is 1.81. The third-order valence-electron chi connectivity index (χ3n) is 3.47. The molecule has 2 rings (SSSR count). The van der Waals surface area contributed by atoms with Gasteiger partial charge in [0.05, 0.1) is 16.6 Å². The van der Waals surface area contributed by atoms with Crippen molar-refractivity contribution in [1.29, 1.82) is 0 Å². The van der Waals surface area contributed by atoms with E-state index in [-0.39, 0.29) is 5.91 Å². The molecule has 4 N–H and O–H groups in total. The zero-order valence-electron chi connectivity index (χ0n) is 13.9. The number of hydrogen-bond donors (Lipinski definition) is 3. The van der Waals surface area contributed by atoms with E-state index < -0.39 is 0 Å². The van der Waals surface area contributed by atoms with Crippen molar-refractivity contribution in [2.45, 2.75) is 13.3 Å². The summed E-state index contributed by atoms with van der Waals surface area (Å²) in [5.74, 6) is 0.0629. The molecule has 0 spiro atoms. The molecule has 1 amide bonds. The Hall–Kier alpha value is -2.24. The first kappa shape index (κ1) is 19.1. The number of amides is 1. The molecule has 132 valence electrons. The number of nitrogens with two attached hydrogens (primary N) is 1. The Bertz CT molecular complexity index is 777. The van der Waals surface area contributed by atoms with Gasteiger partial charge in [0.2, 0.25) is 0 Å². The molecule has 2 aromatic carbocycles. The number of aryl methyl sites for hydroxylation is 1. The number of hydrogen-bond acceptors (Lipinski definition) is 2. The molecule has 0 saturated heterocycles. The van der Waals surface area contributed by atoms with E-state index in [9.17, 15) is 4.79 Å². The summed E-state index contributed by atoms with van der Waals surface area (Å²) in [4.78, 5) is 16.2. The minimum atomic E-state index is -0.240. The van der Waals surface area contributed by atoms with Crippen molar-refractivity contribution in [1.82, 2.24) is 5.32 Å². The van der Waals surface area contributed by atoms with Gasteiger partial charge in [0, 0.05) is 17.8 Å². The molecular formula is C18H20Cl2N4O. The van der Waals surface area contributed by atoms with Gasteiger partial charge in [0.15, 0.2) is 5.96 Å². The summed E-state index contributed by atoms with van der Waals surface area (Å²) in [6.07, 6.45) is 0.952. The minimum Gasteiger partial charge on any atom is -0.370 e. The molecule has 0 aliphatic rings. The maximum Gasteiger partial charge on any atom is 0.251 e. The zero-order valence-corrected chi connectivity index (χ0v) is 15.4. The minimum absolute atomic E-state index is 0.240. The van der Waals surface area contributed by atoms with Crippen molar-refractivity contribution < 1.29 is 4.79 Å². The zero-order chi connectivity index (χ0) is 18.2. The lowest BCUT2D eigenvalue weighted by Gasteiger charge is -2.08. The maximum absolute atomic E-state index is 12.0. The molecule has 0 aliphatic heterocycles. The summed E-state index contributed by atoms with van der Waals surface area (Å²) >= 11 is 11.7. The first-order valence-corrected chi connectivity index (χ1v) is 8.64. The van der Waals surface area contributed by atoms with Gasteiger partial charge in [-0.15, -0.1) is 0 Å². The molecule has 0 fully saturated rings. The summed E-state index contributed by atoms with van der Waals surface area (Å²) in [7, 11) is 0. The largest absolute Gasteiger partial charge is 0.370 e. The van der Waals surface area contributed by atoms with Crippen LogP contribution in [0.25, 0.3) is 0 Å². The van der Waals surface area contributed by atoms with Crippen LogP contribution in [0.15, 0.2) is 47.5 Å². The summed E-state index contributed by atoms with van der Waals surface area (Å²) in [5.41, 5.74) is 8.40. The van der Waals surface area contributed by atoms with Gasteiger partial charge in [-0.1, -0.05) is 42.3 Å². The highest BCUT2D eigenvalue weighted by Crippen LogP contribution is 2.22. The van der Waals surface area contributed by atoms with Gasteiger partial charge in [-0.05, 0) is 42.3 Å². The van der Waals surface area contributed by atoms with Crippen molar-refractivity contribution in [3.05, 3.63) is 63.6 Å². The Labute approximate surface area is 157 Å². The van der Waals surface area contributed by atoms with E-state index in [1.165, 1.54) is 11.6 Å². The Kier molecular flexibility index (Phi) is 7.10. The van der Waals surface area contributed by atoms with E-state index in [1.807, 2.05) is 18.2 Å². The van der Waals surface area contributed by atoms with Crippen LogP contribution >= 0.6 is 23.2 Å². The van der Waals surface area contributed by atoms with Gasteiger partial charge in [-0.3, -0.25) is 9.79 Å². The fourth-order valence-electron chi connectivity index (χ4n) is 2.14. The SMILES string of the molecule is CCc1cccc(NC(N)=NCCNC(=O)c2ccc(Cl)c(Cl)c2)c1. The molecule has 0 atom stereocenters. The highest BCUT2D eigenvalue weighted by molar-refractivity contribution is 6.42. The summed E-state index contributed by atoms with van der Waals surface area (Å²) < 4.78 is 0. The van der Waals surface area contributed by atoms with Gasteiger partial charge in [-0.25, -0.2) is 0 Å². The van der Waals surface area contributed by atoms with E-state index >= 15 is 0 Å². The lowest BCUT2D eigenvalue weighted by Crippen LogP contribution is -2.28. The Morgan fingerprint density at radius 3 is 2.68 bits per heavy atom. The van der Waals surface area contributed by atoms with Crippen LogP contribution in [0.2, 0.25) is 10.0 Å². The fraction of sp³-hybridized carbons (Fsp3) is 0.222. The molecule has 7 heteroatoms.